The van der Waals surface area contributed by atoms with E-state index in [4.69, 9.17) is 4.42 Å². The number of alkyl halides is 3. The van der Waals surface area contributed by atoms with Gasteiger partial charge in [0.1, 0.15) is 17.0 Å². The topological polar surface area (TPSA) is 55.1 Å². The number of carbonyl (C=O) groups excluding carboxylic acids is 1. The lowest BCUT2D eigenvalue weighted by Crippen LogP contribution is -2.27. The standard InChI is InChI=1S/C18H15F3N2O2/c1-10-13(7-8-16(22-10)18(19,20)21)17(24)23-11(2)15-9-12-5-3-4-6-14(12)25-15/h3-9,11H,1-2H3,(H,23,24). The third kappa shape index (κ3) is 3.50. The lowest BCUT2D eigenvalue weighted by molar-refractivity contribution is -0.141. The molecule has 0 radical (unpaired) electrons. The maximum Gasteiger partial charge on any atom is 0.433 e. The monoisotopic (exact) mass is 348 g/mol. The Morgan fingerprint density at radius 3 is 2.56 bits per heavy atom. The normalized spacial score (nSPS) is 13.0. The molecule has 4 nitrogen and oxygen atoms in total. The second-order valence-corrected chi connectivity index (χ2v) is 5.71. The fourth-order valence-corrected chi connectivity index (χ4v) is 2.52. The van der Waals surface area contributed by atoms with Crippen LogP contribution < -0.4 is 5.32 Å². The number of hydrogen-bond acceptors (Lipinski definition) is 3. The average molecular weight is 348 g/mol. The summed E-state index contributed by atoms with van der Waals surface area (Å²) in [6.45, 7) is 3.11. The maximum absolute atomic E-state index is 12.7. The first-order valence-electron chi connectivity index (χ1n) is 7.60. The molecule has 7 heteroatoms. The molecule has 0 saturated carbocycles. The SMILES string of the molecule is Cc1nc(C(F)(F)F)ccc1C(=O)NC(C)c1cc2ccccc2o1. The summed E-state index contributed by atoms with van der Waals surface area (Å²) in [6.07, 6.45) is -4.54. The Bertz CT molecular complexity index is 898. The molecule has 0 aliphatic heterocycles. The number of nitrogens with zero attached hydrogens (tertiary/aromatic N) is 1. The van der Waals surface area contributed by atoms with E-state index in [9.17, 15) is 18.0 Å². The Morgan fingerprint density at radius 1 is 1.20 bits per heavy atom. The highest BCUT2D eigenvalue weighted by Crippen LogP contribution is 2.28. The molecule has 1 N–H and O–H groups in total. The van der Waals surface area contributed by atoms with Gasteiger partial charge in [-0.25, -0.2) is 4.98 Å². The van der Waals surface area contributed by atoms with Crippen LogP contribution in [0.2, 0.25) is 0 Å². The van der Waals surface area contributed by atoms with Gasteiger partial charge in [-0.05, 0) is 38.1 Å². The van der Waals surface area contributed by atoms with Gasteiger partial charge < -0.3 is 9.73 Å². The summed E-state index contributed by atoms with van der Waals surface area (Å²) in [5.41, 5.74) is -0.210. The van der Waals surface area contributed by atoms with Crippen LogP contribution in [0.25, 0.3) is 11.0 Å². The number of furan rings is 1. The van der Waals surface area contributed by atoms with E-state index in [-0.39, 0.29) is 11.3 Å². The quantitative estimate of drug-likeness (QED) is 0.750. The van der Waals surface area contributed by atoms with Crippen molar-refractivity contribution in [2.24, 2.45) is 0 Å². The molecular weight excluding hydrogens is 333 g/mol. The number of aromatic nitrogens is 1. The maximum atomic E-state index is 12.7. The number of rotatable bonds is 3. The van der Waals surface area contributed by atoms with Gasteiger partial charge in [-0.2, -0.15) is 13.2 Å². The van der Waals surface area contributed by atoms with Gasteiger partial charge in [0.2, 0.25) is 0 Å². The molecule has 0 bridgehead atoms. The lowest BCUT2D eigenvalue weighted by atomic mass is 10.1. The van der Waals surface area contributed by atoms with Crippen LogP contribution in [0.15, 0.2) is 46.9 Å². The van der Waals surface area contributed by atoms with Gasteiger partial charge in [0, 0.05) is 5.39 Å². The Labute approximate surface area is 141 Å². The number of carbonyl (C=O) groups is 1. The molecule has 2 heterocycles. The molecule has 0 spiro atoms. The van der Waals surface area contributed by atoms with Crippen LogP contribution in [0.1, 0.15) is 40.5 Å². The third-order valence-electron chi connectivity index (χ3n) is 3.84. The minimum absolute atomic E-state index is 0.0177. The van der Waals surface area contributed by atoms with E-state index in [0.29, 0.717) is 11.3 Å². The van der Waals surface area contributed by atoms with Crippen LogP contribution in [-0.4, -0.2) is 10.9 Å². The number of pyridine rings is 1. The van der Waals surface area contributed by atoms with Gasteiger partial charge in [0.15, 0.2) is 0 Å². The summed E-state index contributed by atoms with van der Waals surface area (Å²) in [6, 6.07) is 10.7. The molecule has 0 saturated heterocycles. The second-order valence-electron chi connectivity index (χ2n) is 5.71. The van der Waals surface area contributed by atoms with Crippen molar-refractivity contribution >= 4 is 16.9 Å². The van der Waals surface area contributed by atoms with Gasteiger partial charge in [-0.1, -0.05) is 18.2 Å². The van der Waals surface area contributed by atoms with Crippen LogP contribution in [-0.2, 0) is 6.18 Å². The zero-order chi connectivity index (χ0) is 18.2. The molecule has 1 amide bonds. The first-order chi connectivity index (χ1) is 11.8. The number of nitrogens with one attached hydrogen (secondary N) is 1. The summed E-state index contributed by atoms with van der Waals surface area (Å²) in [5.74, 6) is 0.0544. The van der Waals surface area contributed by atoms with Crippen molar-refractivity contribution in [2.75, 3.05) is 0 Å². The number of hydrogen-bond donors (Lipinski definition) is 1. The molecule has 1 unspecified atom stereocenters. The number of aryl methyl sites for hydroxylation is 1. The molecule has 25 heavy (non-hydrogen) atoms. The van der Waals surface area contributed by atoms with E-state index in [0.717, 1.165) is 17.5 Å². The molecule has 1 aromatic carbocycles. The summed E-state index contributed by atoms with van der Waals surface area (Å²) in [7, 11) is 0. The van der Waals surface area contributed by atoms with Gasteiger partial charge in [0.05, 0.1) is 17.3 Å². The second kappa shape index (κ2) is 6.23. The Balaban J connectivity index is 1.79. The number of benzene rings is 1. The average Bonchev–Trinajstić information content (AvgIpc) is 2.98. The van der Waals surface area contributed by atoms with Gasteiger partial charge in [-0.15, -0.1) is 0 Å². The van der Waals surface area contributed by atoms with Gasteiger partial charge in [0.25, 0.3) is 5.91 Å². The summed E-state index contributed by atoms with van der Waals surface area (Å²) < 4.78 is 43.7. The van der Waals surface area contributed by atoms with Gasteiger partial charge in [-0.3, -0.25) is 4.79 Å². The molecule has 0 fully saturated rings. The van der Waals surface area contributed by atoms with Crippen LogP contribution in [0, 0.1) is 6.92 Å². The van der Waals surface area contributed by atoms with Crippen molar-refractivity contribution in [3.8, 4) is 0 Å². The predicted octanol–water partition coefficient (Wildman–Crippen LogP) is 4.65. The zero-order valence-corrected chi connectivity index (χ0v) is 13.5. The highest BCUT2D eigenvalue weighted by molar-refractivity contribution is 5.95. The van der Waals surface area contributed by atoms with Crippen molar-refractivity contribution in [3.05, 3.63) is 65.2 Å². The summed E-state index contributed by atoms with van der Waals surface area (Å²) in [4.78, 5) is 15.8. The van der Waals surface area contributed by atoms with Crippen LogP contribution in [0.3, 0.4) is 0 Å². The Kier molecular flexibility index (Phi) is 4.24. The van der Waals surface area contributed by atoms with E-state index >= 15 is 0 Å². The van der Waals surface area contributed by atoms with Crippen LogP contribution >= 0.6 is 0 Å². The number of para-hydroxylation sites is 1. The smallest absolute Gasteiger partial charge is 0.433 e. The largest absolute Gasteiger partial charge is 0.459 e. The van der Waals surface area contributed by atoms with E-state index < -0.39 is 23.8 Å². The van der Waals surface area contributed by atoms with Crippen molar-refractivity contribution < 1.29 is 22.4 Å². The Hall–Kier alpha value is -2.83. The molecular formula is C18H15F3N2O2. The van der Waals surface area contributed by atoms with Crippen LogP contribution in [0.5, 0.6) is 0 Å². The number of fused-ring (bicyclic) bond motifs is 1. The Morgan fingerprint density at radius 2 is 1.92 bits per heavy atom. The number of amides is 1. The summed E-state index contributed by atoms with van der Waals surface area (Å²) in [5, 5.41) is 3.63. The minimum Gasteiger partial charge on any atom is -0.459 e. The molecule has 0 aliphatic carbocycles. The van der Waals surface area contributed by atoms with E-state index in [1.165, 1.54) is 6.92 Å². The first-order valence-corrected chi connectivity index (χ1v) is 7.60. The molecule has 3 aromatic rings. The van der Waals surface area contributed by atoms with E-state index in [2.05, 4.69) is 10.3 Å². The lowest BCUT2D eigenvalue weighted by Gasteiger charge is -2.13. The van der Waals surface area contributed by atoms with E-state index in [1.54, 1.807) is 6.92 Å². The number of halogens is 3. The molecule has 2 aromatic heterocycles. The van der Waals surface area contributed by atoms with Gasteiger partial charge >= 0.3 is 6.18 Å². The van der Waals surface area contributed by atoms with Crippen LogP contribution in [0.4, 0.5) is 13.2 Å². The third-order valence-corrected chi connectivity index (χ3v) is 3.84. The molecule has 3 rings (SSSR count). The highest BCUT2D eigenvalue weighted by Gasteiger charge is 2.33. The predicted molar refractivity (Wildman–Crippen MR) is 86.1 cm³/mol. The van der Waals surface area contributed by atoms with Crippen molar-refractivity contribution in [1.29, 1.82) is 0 Å². The first kappa shape index (κ1) is 17.0. The highest BCUT2D eigenvalue weighted by atomic mass is 19.4. The minimum atomic E-state index is -4.54. The van der Waals surface area contributed by atoms with Crippen molar-refractivity contribution in [3.63, 3.8) is 0 Å². The van der Waals surface area contributed by atoms with E-state index in [1.807, 2.05) is 30.3 Å². The molecule has 1 atom stereocenters. The summed E-state index contributed by atoms with van der Waals surface area (Å²) >= 11 is 0. The zero-order valence-electron chi connectivity index (χ0n) is 13.5. The fourth-order valence-electron chi connectivity index (χ4n) is 2.52. The van der Waals surface area contributed by atoms with Crippen molar-refractivity contribution in [2.45, 2.75) is 26.1 Å². The fraction of sp³-hybridized carbons (Fsp3) is 0.222. The molecule has 0 aliphatic rings. The molecule has 130 valence electrons. The van der Waals surface area contributed by atoms with Crippen molar-refractivity contribution in [1.82, 2.24) is 10.3 Å².